The number of benzene rings is 2. The number of carbonyl (C=O) groups excluding carboxylic acids is 1. The summed E-state index contributed by atoms with van der Waals surface area (Å²) in [5, 5.41) is 2.59. The van der Waals surface area contributed by atoms with E-state index >= 15 is 0 Å². The minimum absolute atomic E-state index is 0.0867. The average Bonchev–Trinajstić information content (AvgIpc) is 3.32. The second kappa shape index (κ2) is 8.96. The first-order valence-electron chi connectivity index (χ1n) is 10.8. The largest absolute Gasteiger partial charge is 0.493 e. The van der Waals surface area contributed by atoms with Crippen molar-refractivity contribution in [1.29, 1.82) is 0 Å². The number of rotatable bonds is 6. The van der Waals surface area contributed by atoms with Crippen LogP contribution in [0.5, 0.6) is 11.5 Å². The van der Waals surface area contributed by atoms with E-state index in [-0.39, 0.29) is 29.0 Å². The molecule has 5 rings (SSSR count). The number of hydrogen-bond donors (Lipinski definition) is 0. The summed E-state index contributed by atoms with van der Waals surface area (Å²) >= 11 is 1.30. The summed E-state index contributed by atoms with van der Waals surface area (Å²) in [7, 11) is 4.83. The third-order valence-electron chi connectivity index (χ3n) is 5.99. The van der Waals surface area contributed by atoms with Gasteiger partial charge in [0.2, 0.25) is 5.43 Å². The van der Waals surface area contributed by atoms with Gasteiger partial charge in [-0.1, -0.05) is 12.1 Å². The van der Waals surface area contributed by atoms with Gasteiger partial charge in [-0.25, -0.2) is 9.37 Å². The van der Waals surface area contributed by atoms with E-state index < -0.39 is 0 Å². The topological polar surface area (TPSA) is 70.4 Å². The Morgan fingerprint density at radius 2 is 1.89 bits per heavy atom. The molecule has 0 amide bonds. The molecule has 0 fully saturated rings. The van der Waals surface area contributed by atoms with Crippen molar-refractivity contribution in [2.75, 3.05) is 14.2 Å². The van der Waals surface area contributed by atoms with E-state index in [9.17, 15) is 14.0 Å². The Morgan fingerprint density at radius 1 is 1.09 bits per heavy atom. The maximum absolute atomic E-state index is 14.2. The number of aromatic nitrogens is 2. The van der Waals surface area contributed by atoms with Gasteiger partial charge in [0.05, 0.1) is 30.1 Å². The van der Waals surface area contributed by atoms with Crippen LogP contribution in [0.2, 0.25) is 0 Å². The molecule has 0 aliphatic heterocycles. The molecule has 0 saturated heterocycles. The molecule has 0 saturated carbocycles. The zero-order chi connectivity index (χ0) is 24.7. The van der Waals surface area contributed by atoms with Crippen molar-refractivity contribution in [3.63, 3.8) is 0 Å². The van der Waals surface area contributed by atoms with Crippen molar-refractivity contribution >= 4 is 38.2 Å². The molecule has 176 valence electrons. The van der Waals surface area contributed by atoms with Gasteiger partial charge in [0.25, 0.3) is 0 Å². The van der Waals surface area contributed by atoms with Crippen LogP contribution in [0, 0.1) is 5.82 Å². The molecule has 0 unspecified atom stereocenters. The molecule has 0 radical (unpaired) electrons. The van der Waals surface area contributed by atoms with E-state index in [4.69, 9.17) is 9.47 Å². The molecule has 0 N–H and O–H groups in total. The minimum Gasteiger partial charge on any atom is -0.493 e. The average molecular weight is 489 g/mol. The van der Waals surface area contributed by atoms with Gasteiger partial charge in [-0.2, -0.15) is 0 Å². The third-order valence-corrected chi connectivity index (χ3v) is 7.00. The summed E-state index contributed by atoms with van der Waals surface area (Å²) in [6.07, 6.45) is 1.58. The standard InChI is InChI=1S/C27H21FN2O4S/c1-30-13-16(11-22(31)15-7-10-23(33-2)24(12-15)34-3)26(32)25-21(30)9-8-20(29-25)18-14-35-27-17(18)5-4-6-19(27)28/h4-10,12-14H,11H2,1-3H3. The van der Waals surface area contributed by atoms with Crippen LogP contribution < -0.4 is 14.9 Å². The predicted octanol–water partition coefficient (Wildman–Crippen LogP) is 5.40. The van der Waals surface area contributed by atoms with Crippen molar-refractivity contribution in [2.24, 2.45) is 7.05 Å². The van der Waals surface area contributed by atoms with Gasteiger partial charge in [0, 0.05) is 47.1 Å². The highest BCUT2D eigenvalue weighted by atomic mass is 32.1. The Balaban J connectivity index is 1.56. The number of ether oxygens (including phenoxy) is 2. The molecule has 5 aromatic rings. The van der Waals surface area contributed by atoms with E-state index in [0.717, 1.165) is 10.9 Å². The number of halogens is 1. The van der Waals surface area contributed by atoms with Gasteiger partial charge in [0.1, 0.15) is 11.3 Å². The highest BCUT2D eigenvalue weighted by molar-refractivity contribution is 7.17. The highest BCUT2D eigenvalue weighted by Crippen LogP contribution is 2.35. The van der Waals surface area contributed by atoms with Crippen molar-refractivity contribution in [1.82, 2.24) is 9.55 Å². The predicted molar refractivity (Wildman–Crippen MR) is 135 cm³/mol. The molecule has 35 heavy (non-hydrogen) atoms. The van der Waals surface area contributed by atoms with Crippen LogP contribution >= 0.6 is 11.3 Å². The summed E-state index contributed by atoms with van der Waals surface area (Å²) in [5.41, 5.74) is 2.70. The van der Waals surface area contributed by atoms with Crippen LogP contribution in [0.3, 0.4) is 0 Å². The second-order valence-corrected chi connectivity index (χ2v) is 8.97. The smallest absolute Gasteiger partial charge is 0.211 e. The first-order chi connectivity index (χ1) is 16.9. The van der Waals surface area contributed by atoms with Crippen LogP contribution in [0.15, 0.2) is 64.9 Å². The molecular weight excluding hydrogens is 467 g/mol. The van der Waals surface area contributed by atoms with Gasteiger partial charge in [-0.05, 0) is 36.4 Å². The van der Waals surface area contributed by atoms with Crippen LogP contribution in [0.4, 0.5) is 4.39 Å². The van der Waals surface area contributed by atoms with Gasteiger partial charge in [0.15, 0.2) is 17.3 Å². The molecule has 6 nitrogen and oxygen atoms in total. The zero-order valence-corrected chi connectivity index (χ0v) is 20.1. The zero-order valence-electron chi connectivity index (χ0n) is 19.3. The number of ketones is 1. The molecule has 0 aliphatic rings. The molecule has 0 spiro atoms. The lowest BCUT2D eigenvalue weighted by atomic mass is 10.0. The Labute approximate surface area is 204 Å². The number of methoxy groups -OCH3 is 2. The Kier molecular flexibility index (Phi) is 5.82. The molecule has 8 heteroatoms. The number of nitrogens with zero attached hydrogens (tertiary/aromatic N) is 2. The van der Waals surface area contributed by atoms with Crippen LogP contribution in [0.1, 0.15) is 15.9 Å². The van der Waals surface area contributed by atoms with E-state index in [1.807, 2.05) is 30.6 Å². The summed E-state index contributed by atoms with van der Waals surface area (Å²) < 4.78 is 27.0. The van der Waals surface area contributed by atoms with Crippen LogP contribution in [-0.2, 0) is 13.5 Å². The Morgan fingerprint density at radius 3 is 2.66 bits per heavy atom. The molecule has 2 aromatic carbocycles. The summed E-state index contributed by atoms with van der Waals surface area (Å²) in [5.74, 6) is 0.447. The number of thiophene rings is 1. The fourth-order valence-corrected chi connectivity index (χ4v) is 5.17. The monoisotopic (exact) mass is 488 g/mol. The van der Waals surface area contributed by atoms with Crippen molar-refractivity contribution < 1.29 is 18.7 Å². The van der Waals surface area contributed by atoms with Gasteiger partial charge in [-0.3, -0.25) is 9.59 Å². The number of aryl methyl sites for hydroxylation is 1. The Hall–Kier alpha value is -4.04. The maximum atomic E-state index is 14.2. The van der Waals surface area contributed by atoms with Gasteiger partial charge in [-0.15, -0.1) is 11.3 Å². The molecule has 0 atom stereocenters. The van der Waals surface area contributed by atoms with E-state index in [2.05, 4.69) is 4.98 Å². The fraction of sp³-hybridized carbons (Fsp3) is 0.148. The second-order valence-electron chi connectivity index (χ2n) is 8.09. The van der Waals surface area contributed by atoms with Crippen molar-refractivity contribution in [3.05, 3.63) is 87.3 Å². The lowest BCUT2D eigenvalue weighted by Crippen LogP contribution is -2.18. The van der Waals surface area contributed by atoms with Crippen LogP contribution in [-0.4, -0.2) is 29.6 Å². The number of carbonyl (C=O) groups is 1. The summed E-state index contributed by atoms with van der Waals surface area (Å²) in [6, 6.07) is 13.5. The molecule has 3 aromatic heterocycles. The van der Waals surface area contributed by atoms with Crippen molar-refractivity contribution in [3.8, 4) is 22.8 Å². The fourth-order valence-electron chi connectivity index (χ4n) is 4.20. The lowest BCUT2D eigenvalue weighted by molar-refractivity contribution is 0.0992. The SMILES string of the molecule is COc1ccc(C(=O)Cc2cn(C)c3ccc(-c4csc5c(F)cccc45)nc3c2=O)cc1OC. The first-order valence-corrected chi connectivity index (χ1v) is 11.7. The third kappa shape index (κ3) is 3.95. The number of fused-ring (bicyclic) bond motifs is 2. The molecule has 0 bridgehead atoms. The van der Waals surface area contributed by atoms with Gasteiger partial charge < -0.3 is 14.0 Å². The lowest BCUT2D eigenvalue weighted by Gasteiger charge is -2.11. The van der Waals surface area contributed by atoms with E-state index in [1.54, 1.807) is 35.0 Å². The molecule has 0 aliphatic carbocycles. The normalized spacial score (nSPS) is 11.2. The number of Topliss-reactive ketones (excluding diaryl/α,β-unsaturated/α-hetero) is 1. The first kappa shape index (κ1) is 22.7. The van der Waals surface area contributed by atoms with E-state index in [1.165, 1.54) is 31.6 Å². The quantitative estimate of drug-likeness (QED) is 0.300. The maximum Gasteiger partial charge on any atom is 0.211 e. The highest BCUT2D eigenvalue weighted by Gasteiger charge is 2.17. The Bertz CT molecular complexity index is 1670. The van der Waals surface area contributed by atoms with Crippen molar-refractivity contribution in [2.45, 2.75) is 6.42 Å². The molecule has 3 heterocycles. The minimum atomic E-state index is -0.306. The van der Waals surface area contributed by atoms with E-state index in [0.29, 0.717) is 38.5 Å². The van der Waals surface area contributed by atoms with Gasteiger partial charge >= 0.3 is 0 Å². The van der Waals surface area contributed by atoms with Crippen LogP contribution in [0.25, 0.3) is 32.4 Å². The summed E-state index contributed by atoms with van der Waals surface area (Å²) in [4.78, 5) is 31.0. The summed E-state index contributed by atoms with van der Waals surface area (Å²) in [6.45, 7) is 0. The number of hydrogen-bond acceptors (Lipinski definition) is 6. The molecular formula is C27H21FN2O4S. The number of pyridine rings is 2.